The first-order chi connectivity index (χ1) is 11.9. The molecule has 0 amide bonds. The minimum atomic E-state index is -0.222. The normalized spacial score (nSPS) is 53.9. The summed E-state index contributed by atoms with van der Waals surface area (Å²) in [5.41, 5.74) is 2.68. The van der Waals surface area contributed by atoms with Gasteiger partial charge in [0.25, 0.3) is 0 Å². The van der Waals surface area contributed by atoms with E-state index in [1.807, 2.05) is 0 Å². The molecule has 1 spiro atoms. The summed E-state index contributed by atoms with van der Waals surface area (Å²) >= 11 is 0. The molecule has 4 fully saturated rings. The summed E-state index contributed by atoms with van der Waals surface area (Å²) in [4.78, 5) is 0. The molecule has 0 aromatic heterocycles. The van der Waals surface area contributed by atoms with Crippen molar-refractivity contribution in [2.45, 2.75) is 78.4 Å². The van der Waals surface area contributed by atoms with E-state index in [1.54, 1.807) is 5.57 Å². The van der Waals surface area contributed by atoms with E-state index in [2.05, 4.69) is 33.8 Å². The molecule has 1 heterocycles. The Balaban J connectivity index is 1.45. The smallest absolute Gasteiger partial charge is 0.168 e. The van der Waals surface area contributed by atoms with Crippen LogP contribution in [0.1, 0.15) is 72.6 Å². The fraction of sp³-hybridized carbons (Fsp3) is 0.913. The van der Waals surface area contributed by atoms with Crippen LogP contribution < -0.4 is 0 Å². The zero-order valence-corrected chi connectivity index (χ0v) is 16.6. The van der Waals surface area contributed by atoms with Gasteiger partial charge in [0.1, 0.15) is 0 Å². The Morgan fingerprint density at radius 3 is 2.52 bits per heavy atom. The number of rotatable bonds is 0. The maximum absolute atomic E-state index is 6.13. The molecule has 7 atom stereocenters. The minimum absolute atomic E-state index is 0.222. The number of allylic oxidation sites excluding steroid dienone is 2. The highest BCUT2D eigenvalue weighted by molar-refractivity contribution is 5.24. The maximum atomic E-state index is 6.13. The highest BCUT2D eigenvalue weighted by Crippen LogP contribution is 2.68. The third-order valence-electron chi connectivity index (χ3n) is 9.82. The molecule has 0 aromatic rings. The molecule has 5 aliphatic rings. The zero-order valence-electron chi connectivity index (χ0n) is 16.6. The van der Waals surface area contributed by atoms with Crippen LogP contribution in [0.2, 0.25) is 0 Å². The van der Waals surface area contributed by atoms with Gasteiger partial charge in [-0.3, -0.25) is 0 Å². The average molecular weight is 345 g/mol. The minimum Gasteiger partial charge on any atom is -0.348 e. The summed E-state index contributed by atoms with van der Waals surface area (Å²) in [5, 5.41) is 0. The van der Waals surface area contributed by atoms with E-state index in [1.165, 1.54) is 32.1 Å². The van der Waals surface area contributed by atoms with Gasteiger partial charge in [0.15, 0.2) is 5.79 Å². The van der Waals surface area contributed by atoms with Crippen molar-refractivity contribution in [3.05, 3.63) is 11.6 Å². The van der Waals surface area contributed by atoms with Gasteiger partial charge in [-0.15, -0.1) is 0 Å². The average Bonchev–Trinajstić information content (AvgIpc) is 3.15. The first-order valence-corrected chi connectivity index (χ1v) is 10.8. The van der Waals surface area contributed by atoms with Crippen LogP contribution in [0.3, 0.4) is 0 Å². The SMILES string of the molecule is CC1=CCC2C3CC(C)C4CC5(CCC4(C)C3CCC12C)OCCO5. The van der Waals surface area contributed by atoms with Crippen LogP contribution in [0, 0.1) is 40.4 Å². The van der Waals surface area contributed by atoms with Crippen molar-refractivity contribution < 1.29 is 9.47 Å². The molecule has 7 unspecified atom stereocenters. The van der Waals surface area contributed by atoms with Crippen LogP contribution in [0.25, 0.3) is 0 Å². The van der Waals surface area contributed by atoms with Crippen molar-refractivity contribution in [1.82, 2.24) is 0 Å². The lowest BCUT2D eigenvalue weighted by atomic mass is 9.42. The molecular weight excluding hydrogens is 308 g/mol. The molecule has 4 aliphatic carbocycles. The molecule has 2 nitrogen and oxygen atoms in total. The summed E-state index contributed by atoms with van der Waals surface area (Å²) in [7, 11) is 0. The van der Waals surface area contributed by atoms with Crippen LogP contribution in [0.4, 0.5) is 0 Å². The van der Waals surface area contributed by atoms with Crippen LogP contribution in [0.5, 0.6) is 0 Å². The van der Waals surface area contributed by atoms with Gasteiger partial charge in [0.05, 0.1) is 13.2 Å². The van der Waals surface area contributed by atoms with Gasteiger partial charge >= 0.3 is 0 Å². The van der Waals surface area contributed by atoms with Gasteiger partial charge in [-0.1, -0.05) is 32.4 Å². The van der Waals surface area contributed by atoms with Crippen LogP contribution in [-0.4, -0.2) is 19.0 Å². The number of fused-ring (bicyclic) bond motifs is 5. The van der Waals surface area contributed by atoms with Crippen LogP contribution in [0.15, 0.2) is 11.6 Å². The maximum Gasteiger partial charge on any atom is 0.168 e. The highest BCUT2D eigenvalue weighted by Gasteiger charge is 2.62. The number of hydrogen-bond donors (Lipinski definition) is 0. The molecule has 1 aliphatic heterocycles. The van der Waals surface area contributed by atoms with E-state index >= 15 is 0 Å². The molecule has 0 bridgehead atoms. The Bertz CT molecular complexity index is 589. The van der Waals surface area contributed by atoms with Gasteiger partial charge in [-0.2, -0.15) is 0 Å². The second-order valence-electron chi connectivity index (χ2n) is 10.6. The summed E-state index contributed by atoms with van der Waals surface area (Å²) in [6, 6.07) is 0. The lowest BCUT2D eigenvalue weighted by Gasteiger charge is -2.63. The van der Waals surface area contributed by atoms with Crippen molar-refractivity contribution in [2.24, 2.45) is 40.4 Å². The second kappa shape index (κ2) is 5.35. The Hall–Kier alpha value is -0.340. The predicted molar refractivity (Wildman–Crippen MR) is 100 cm³/mol. The quantitative estimate of drug-likeness (QED) is 0.535. The molecule has 0 N–H and O–H groups in total. The third-order valence-corrected chi connectivity index (χ3v) is 9.82. The van der Waals surface area contributed by atoms with Crippen molar-refractivity contribution >= 4 is 0 Å². The van der Waals surface area contributed by atoms with E-state index in [9.17, 15) is 0 Å². The summed E-state index contributed by atoms with van der Waals surface area (Å²) in [5.74, 6) is 4.12. The monoisotopic (exact) mass is 344 g/mol. The summed E-state index contributed by atoms with van der Waals surface area (Å²) in [6.07, 6.45) is 11.8. The van der Waals surface area contributed by atoms with Crippen molar-refractivity contribution in [3.63, 3.8) is 0 Å². The topological polar surface area (TPSA) is 18.5 Å². The van der Waals surface area contributed by atoms with Gasteiger partial charge in [-0.25, -0.2) is 0 Å². The van der Waals surface area contributed by atoms with Crippen molar-refractivity contribution in [2.75, 3.05) is 13.2 Å². The predicted octanol–water partition coefficient (Wildman–Crippen LogP) is 5.57. The molecule has 0 aromatic carbocycles. The standard InChI is InChI=1S/C23H36O2/c1-15-13-17-18-6-5-16(2)21(18,3)8-7-19(17)22(4)9-10-23(14-20(15)22)24-11-12-25-23/h5,15,17-20H,6-14H2,1-4H3. The molecule has 2 heteroatoms. The fourth-order valence-electron chi connectivity index (χ4n) is 8.20. The number of ether oxygens (including phenoxy) is 2. The van der Waals surface area contributed by atoms with Gasteiger partial charge < -0.3 is 9.47 Å². The van der Waals surface area contributed by atoms with E-state index in [-0.39, 0.29) is 5.79 Å². The molecule has 5 rings (SSSR count). The summed E-state index contributed by atoms with van der Waals surface area (Å²) < 4.78 is 12.3. The lowest BCUT2D eigenvalue weighted by Crippen LogP contribution is -2.58. The van der Waals surface area contributed by atoms with Crippen LogP contribution in [-0.2, 0) is 9.47 Å². The second-order valence-corrected chi connectivity index (χ2v) is 10.6. The molecule has 25 heavy (non-hydrogen) atoms. The van der Waals surface area contributed by atoms with E-state index in [4.69, 9.17) is 9.47 Å². The molecule has 140 valence electrons. The van der Waals surface area contributed by atoms with Crippen molar-refractivity contribution in [3.8, 4) is 0 Å². The Morgan fingerprint density at radius 2 is 1.76 bits per heavy atom. The first-order valence-electron chi connectivity index (χ1n) is 10.8. The number of hydrogen-bond acceptors (Lipinski definition) is 2. The molecule has 1 saturated heterocycles. The third kappa shape index (κ3) is 2.16. The van der Waals surface area contributed by atoms with E-state index < -0.39 is 0 Å². The summed E-state index contributed by atoms with van der Waals surface area (Å²) in [6.45, 7) is 11.8. The fourth-order valence-corrected chi connectivity index (χ4v) is 8.20. The van der Waals surface area contributed by atoms with E-state index in [0.717, 1.165) is 55.6 Å². The molecular formula is C23H36O2. The zero-order chi connectivity index (χ0) is 17.4. The Kier molecular flexibility index (Phi) is 3.60. The van der Waals surface area contributed by atoms with Gasteiger partial charge in [0, 0.05) is 12.8 Å². The van der Waals surface area contributed by atoms with Crippen LogP contribution >= 0.6 is 0 Å². The Labute approximate surface area is 153 Å². The largest absolute Gasteiger partial charge is 0.348 e. The molecule has 3 saturated carbocycles. The highest BCUT2D eigenvalue weighted by atomic mass is 16.7. The first kappa shape index (κ1) is 16.8. The van der Waals surface area contributed by atoms with Crippen molar-refractivity contribution in [1.29, 1.82) is 0 Å². The van der Waals surface area contributed by atoms with Gasteiger partial charge in [0.2, 0.25) is 0 Å². The molecule has 0 radical (unpaired) electrons. The van der Waals surface area contributed by atoms with E-state index in [0.29, 0.717) is 10.8 Å². The Morgan fingerprint density at radius 1 is 1.00 bits per heavy atom. The lowest BCUT2D eigenvalue weighted by molar-refractivity contribution is -0.237. The van der Waals surface area contributed by atoms with Gasteiger partial charge in [-0.05, 0) is 79.4 Å².